The summed E-state index contributed by atoms with van der Waals surface area (Å²) in [5, 5.41) is 10.7. The van der Waals surface area contributed by atoms with Crippen molar-refractivity contribution in [1.29, 1.82) is 0 Å². The average Bonchev–Trinajstić information content (AvgIpc) is 3.24. The lowest BCUT2D eigenvalue weighted by Gasteiger charge is -2.62. The molecule has 0 radical (unpaired) electrons. The van der Waals surface area contributed by atoms with Crippen LogP contribution in [0.25, 0.3) is 0 Å². The predicted octanol–water partition coefficient (Wildman–Crippen LogP) is 6.16. The molecule has 166 valence electrons. The van der Waals surface area contributed by atoms with Gasteiger partial charge in [-0.25, -0.2) is 4.98 Å². The maximum absolute atomic E-state index is 10.7. The first-order valence-corrected chi connectivity index (χ1v) is 12.5. The maximum atomic E-state index is 10.7. The third-order valence-corrected chi connectivity index (χ3v) is 10.6. The van der Waals surface area contributed by atoms with E-state index in [1.165, 1.54) is 50.5 Å². The summed E-state index contributed by atoms with van der Waals surface area (Å²) in [5.41, 5.74) is 2.97. The molecule has 4 aliphatic rings. The molecule has 0 saturated heterocycles. The SMILES string of the molecule is C=C(Cn1cnc(C)c1)[C@H]1CC[C@H]2[C@@H]3CC[C@H]4C[C@](C)(O)CC[C@]4(C)[C@H]3CC[C@]12C. The van der Waals surface area contributed by atoms with E-state index in [0.29, 0.717) is 16.7 Å². The summed E-state index contributed by atoms with van der Waals surface area (Å²) in [4.78, 5) is 4.41. The van der Waals surface area contributed by atoms with Crippen LogP contribution in [0, 0.1) is 47.3 Å². The summed E-state index contributed by atoms with van der Waals surface area (Å²) in [6.45, 7) is 14.9. The van der Waals surface area contributed by atoms with E-state index in [0.717, 1.165) is 48.8 Å². The molecule has 0 spiro atoms. The van der Waals surface area contributed by atoms with Crippen molar-refractivity contribution in [2.75, 3.05) is 0 Å². The van der Waals surface area contributed by atoms with Gasteiger partial charge in [0.1, 0.15) is 0 Å². The van der Waals surface area contributed by atoms with Crippen LogP contribution in [-0.4, -0.2) is 20.3 Å². The Morgan fingerprint density at radius 3 is 2.57 bits per heavy atom. The molecule has 1 aromatic heterocycles. The summed E-state index contributed by atoms with van der Waals surface area (Å²) < 4.78 is 2.22. The van der Waals surface area contributed by atoms with Crippen molar-refractivity contribution in [2.24, 2.45) is 40.4 Å². The van der Waals surface area contributed by atoms with E-state index in [4.69, 9.17) is 0 Å². The number of rotatable bonds is 3. The molecule has 0 aromatic carbocycles. The Kier molecular flexibility index (Phi) is 4.82. The summed E-state index contributed by atoms with van der Waals surface area (Å²) in [7, 11) is 0. The molecule has 0 bridgehead atoms. The van der Waals surface area contributed by atoms with Crippen LogP contribution in [0.2, 0.25) is 0 Å². The normalized spacial score (nSPS) is 48.0. The Morgan fingerprint density at radius 1 is 1.07 bits per heavy atom. The minimum atomic E-state index is -0.429. The summed E-state index contributed by atoms with van der Waals surface area (Å²) in [6.07, 6.45) is 15.6. The predicted molar refractivity (Wildman–Crippen MR) is 122 cm³/mol. The molecule has 5 rings (SSSR count). The Hall–Kier alpha value is -1.09. The first-order valence-electron chi connectivity index (χ1n) is 12.5. The lowest BCUT2D eigenvalue weighted by atomic mass is 9.44. The molecule has 3 heteroatoms. The molecule has 1 aromatic rings. The Bertz CT molecular complexity index is 825. The van der Waals surface area contributed by atoms with Crippen LogP contribution in [0.3, 0.4) is 0 Å². The topological polar surface area (TPSA) is 38.0 Å². The van der Waals surface area contributed by atoms with Crippen LogP contribution in [0.5, 0.6) is 0 Å². The zero-order valence-electron chi connectivity index (χ0n) is 19.7. The van der Waals surface area contributed by atoms with E-state index in [9.17, 15) is 5.11 Å². The number of hydrogen-bond acceptors (Lipinski definition) is 2. The second-order valence-electron chi connectivity index (χ2n) is 12.4. The molecule has 8 atom stereocenters. The van der Waals surface area contributed by atoms with Crippen molar-refractivity contribution in [3.8, 4) is 0 Å². The largest absolute Gasteiger partial charge is 0.390 e. The number of hydrogen-bond donors (Lipinski definition) is 1. The summed E-state index contributed by atoms with van der Waals surface area (Å²) in [5.74, 6) is 4.00. The zero-order chi connectivity index (χ0) is 21.3. The average molecular weight is 411 g/mol. The highest BCUT2D eigenvalue weighted by Crippen LogP contribution is 2.68. The minimum absolute atomic E-state index is 0.428. The smallest absolute Gasteiger partial charge is 0.0952 e. The van der Waals surface area contributed by atoms with E-state index < -0.39 is 5.60 Å². The number of allylic oxidation sites excluding steroid dienone is 1. The number of nitrogens with zero attached hydrogens (tertiary/aromatic N) is 2. The second-order valence-corrected chi connectivity index (χ2v) is 12.4. The number of aryl methyl sites for hydroxylation is 1. The molecular formula is C27H42N2O. The summed E-state index contributed by atoms with van der Waals surface area (Å²) >= 11 is 0. The van der Waals surface area contributed by atoms with Gasteiger partial charge in [-0.15, -0.1) is 0 Å². The van der Waals surface area contributed by atoms with E-state index in [1.54, 1.807) is 0 Å². The third kappa shape index (κ3) is 3.14. The van der Waals surface area contributed by atoms with Gasteiger partial charge in [0.25, 0.3) is 0 Å². The van der Waals surface area contributed by atoms with Gasteiger partial charge < -0.3 is 9.67 Å². The fourth-order valence-electron chi connectivity index (χ4n) is 9.00. The molecule has 4 aliphatic carbocycles. The minimum Gasteiger partial charge on any atom is -0.390 e. The van der Waals surface area contributed by atoms with Gasteiger partial charge in [-0.1, -0.05) is 26.0 Å². The van der Waals surface area contributed by atoms with Crippen LogP contribution in [0.15, 0.2) is 24.7 Å². The lowest BCUT2D eigenvalue weighted by molar-refractivity contribution is -0.145. The quantitative estimate of drug-likeness (QED) is 0.606. The highest BCUT2D eigenvalue weighted by atomic mass is 16.3. The number of fused-ring (bicyclic) bond motifs is 5. The molecule has 0 aliphatic heterocycles. The van der Waals surface area contributed by atoms with E-state index >= 15 is 0 Å². The first kappa shape index (κ1) is 20.8. The second kappa shape index (κ2) is 6.95. The van der Waals surface area contributed by atoms with Gasteiger partial charge in [-0.3, -0.25) is 0 Å². The molecule has 0 unspecified atom stereocenters. The molecule has 1 heterocycles. The van der Waals surface area contributed by atoms with Crippen molar-refractivity contribution < 1.29 is 5.11 Å². The van der Waals surface area contributed by atoms with E-state index in [-0.39, 0.29) is 0 Å². The highest BCUT2D eigenvalue weighted by Gasteiger charge is 2.61. The van der Waals surface area contributed by atoms with Crippen molar-refractivity contribution >= 4 is 0 Å². The molecule has 4 fully saturated rings. The Balaban J connectivity index is 1.34. The highest BCUT2D eigenvalue weighted by molar-refractivity contribution is 5.17. The zero-order valence-corrected chi connectivity index (χ0v) is 19.7. The van der Waals surface area contributed by atoms with Gasteiger partial charge in [-0.05, 0) is 112 Å². The van der Waals surface area contributed by atoms with Crippen molar-refractivity contribution in [1.82, 2.24) is 9.55 Å². The van der Waals surface area contributed by atoms with E-state index in [1.807, 2.05) is 6.33 Å². The van der Waals surface area contributed by atoms with Gasteiger partial charge in [0.15, 0.2) is 0 Å². The molecule has 3 nitrogen and oxygen atoms in total. The Morgan fingerprint density at radius 2 is 1.83 bits per heavy atom. The van der Waals surface area contributed by atoms with Crippen LogP contribution >= 0.6 is 0 Å². The number of aromatic nitrogens is 2. The molecular weight excluding hydrogens is 368 g/mol. The lowest BCUT2D eigenvalue weighted by Crippen LogP contribution is -2.55. The molecule has 4 saturated carbocycles. The van der Waals surface area contributed by atoms with Crippen LogP contribution < -0.4 is 0 Å². The van der Waals surface area contributed by atoms with Crippen LogP contribution in [-0.2, 0) is 6.54 Å². The van der Waals surface area contributed by atoms with Crippen LogP contribution in [0.4, 0.5) is 0 Å². The molecule has 0 amide bonds. The fraction of sp³-hybridized carbons (Fsp3) is 0.815. The van der Waals surface area contributed by atoms with Gasteiger partial charge in [0.05, 0.1) is 17.6 Å². The Labute approximate surface area is 183 Å². The first-order chi connectivity index (χ1) is 14.1. The van der Waals surface area contributed by atoms with Crippen molar-refractivity contribution in [2.45, 2.75) is 97.6 Å². The monoisotopic (exact) mass is 410 g/mol. The molecule has 1 N–H and O–H groups in total. The van der Waals surface area contributed by atoms with Gasteiger partial charge in [-0.2, -0.15) is 0 Å². The van der Waals surface area contributed by atoms with E-state index in [2.05, 4.69) is 50.0 Å². The molecule has 30 heavy (non-hydrogen) atoms. The maximum Gasteiger partial charge on any atom is 0.0952 e. The van der Waals surface area contributed by atoms with Gasteiger partial charge in [0, 0.05) is 12.7 Å². The third-order valence-electron chi connectivity index (χ3n) is 10.6. The van der Waals surface area contributed by atoms with Crippen LogP contribution in [0.1, 0.15) is 84.3 Å². The van der Waals surface area contributed by atoms with Crippen molar-refractivity contribution in [3.05, 3.63) is 30.4 Å². The standard InChI is InChI=1S/C27H42N2O/c1-18(15-29-16-19(2)28-17-29)22-8-9-23-21-7-6-20-14-25(3,30)12-13-26(20,4)24(21)10-11-27(22,23)5/h16-17,20-24,30H,1,6-15H2,2-5H3/t20-,21-,22+,23-,24-,25+,26-,27+/m0/s1. The van der Waals surface area contributed by atoms with Crippen molar-refractivity contribution in [3.63, 3.8) is 0 Å². The van der Waals surface area contributed by atoms with Gasteiger partial charge in [0.2, 0.25) is 0 Å². The fourth-order valence-corrected chi connectivity index (χ4v) is 9.00. The number of aliphatic hydroxyl groups is 1. The van der Waals surface area contributed by atoms with Gasteiger partial charge >= 0.3 is 0 Å². The number of imidazole rings is 1. The summed E-state index contributed by atoms with van der Waals surface area (Å²) in [6, 6.07) is 0.